The molecule has 3 rings (SSSR count). The van der Waals surface area contributed by atoms with Gasteiger partial charge in [0.1, 0.15) is 11.6 Å². The molecule has 0 amide bonds. The van der Waals surface area contributed by atoms with Crippen molar-refractivity contribution in [1.29, 1.82) is 5.26 Å². The van der Waals surface area contributed by atoms with Crippen LogP contribution in [0.25, 0.3) is 16.6 Å². The number of halogens is 1. The fourth-order valence-corrected chi connectivity index (χ4v) is 4.28. The first-order valence-electron chi connectivity index (χ1n) is 10.1. The molecule has 32 heavy (non-hydrogen) atoms. The predicted molar refractivity (Wildman–Crippen MR) is 129 cm³/mol. The molecule has 0 aliphatic carbocycles. The van der Waals surface area contributed by atoms with Crippen molar-refractivity contribution in [2.75, 3.05) is 5.75 Å². The Hall–Kier alpha value is -3.08. The van der Waals surface area contributed by atoms with Gasteiger partial charge in [0.15, 0.2) is 10.9 Å². The number of rotatable bonds is 7. The fraction of sp³-hybridized carbons (Fsp3) is 0.250. The van der Waals surface area contributed by atoms with Crippen molar-refractivity contribution in [3.8, 4) is 11.8 Å². The summed E-state index contributed by atoms with van der Waals surface area (Å²) in [5, 5.41) is 10.4. The molecule has 1 atom stereocenters. The van der Waals surface area contributed by atoms with Gasteiger partial charge >= 0.3 is 0 Å². The van der Waals surface area contributed by atoms with Crippen LogP contribution in [-0.4, -0.2) is 21.1 Å². The summed E-state index contributed by atoms with van der Waals surface area (Å²) in [7, 11) is 0. The maximum absolute atomic E-state index is 13.4. The topological polar surface area (TPSA) is 102 Å². The Morgan fingerprint density at radius 3 is 2.56 bits per heavy atom. The van der Waals surface area contributed by atoms with Crippen LogP contribution in [0.4, 0.5) is 0 Å². The largest absolute Gasteiger partial charge is 0.401 e. The van der Waals surface area contributed by atoms with Gasteiger partial charge in [-0.25, -0.2) is 4.98 Å². The Morgan fingerprint density at radius 2 is 1.97 bits per heavy atom. The number of fused-ring (bicyclic) bond motifs is 1. The Kier molecular flexibility index (Phi) is 7.39. The van der Waals surface area contributed by atoms with Crippen molar-refractivity contribution in [2.45, 2.75) is 38.3 Å². The number of carbonyl (C=O) groups is 1. The van der Waals surface area contributed by atoms with E-state index >= 15 is 0 Å². The Bertz CT molecular complexity index is 1300. The van der Waals surface area contributed by atoms with Crippen molar-refractivity contribution >= 4 is 40.0 Å². The van der Waals surface area contributed by atoms with E-state index in [2.05, 4.69) is 18.8 Å². The van der Waals surface area contributed by atoms with E-state index in [0.717, 1.165) is 18.2 Å². The highest BCUT2D eigenvalue weighted by molar-refractivity contribution is 7.99. The smallest absolute Gasteiger partial charge is 0.266 e. The zero-order valence-electron chi connectivity index (χ0n) is 18.1. The van der Waals surface area contributed by atoms with Crippen molar-refractivity contribution < 1.29 is 4.79 Å². The van der Waals surface area contributed by atoms with Crippen LogP contribution >= 0.6 is 23.4 Å². The van der Waals surface area contributed by atoms with Gasteiger partial charge in [-0.1, -0.05) is 49.3 Å². The molecule has 1 aromatic heterocycles. The number of hydrogen-bond donors (Lipinski definition) is 1. The first-order chi connectivity index (χ1) is 15.3. The fourth-order valence-electron chi connectivity index (χ4n) is 3.22. The van der Waals surface area contributed by atoms with E-state index in [4.69, 9.17) is 17.3 Å². The molecule has 0 aliphatic heterocycles. The third kappa shape index (κ3) is 4.87. The van der Waals surface area contributed by atoms with Crippen LogP contribution in [0.3, 0.4) is 0 Å². The highest BCUT2D eigenvalue weighted by Gasteiger charge is 2.18. The standard InChI is InChI=1S/C24H23ClN4O2S/c1-4-14(2)16-5-8-18(9-6-16)29-23(31)19-11-17(25)7-10-21(19)28-24(29)32-13-22(30)20(12-26)15(3)27/h5-11,14H,4,13,27H2,1-3H3/b20-15+. The van der Waals surface area contributed by atoms with Crippen molar-refractivity contribution in [1.82, 2.24) is 9.55 Å². The van der Waals surface area contributed by atoms with E-state index in [9.17, 15) is 14.9 Å². The molecular formula is C24H23ClN4O2S. The number of benzene rings is 2. The monoisotopic (exact) mass is 466 g/mol. The number of Topliss-reactive ketones (excluding diaryl/α,β-unsaturated/α-hetero) is 1. The van der Waals surface area contributed by atoms with Gasteiger partial charge in [0.05, 0.1) is 22.3 Å². The van der Waals surface area contributed by atoms with Gasteiger partial charge in [0.2, 0.25) is 0 Å². The maximum atomic E-state index is 13.4. The van der Waals surface area contributed by atoms with Gasteiger partial charge in [0, 0.05) is 10.7 Å². The lowest BCUT2D eigenvalue weighted by molar-refractivity contribution is -0.112. The SMILES string of the molecule is CCC(C)c1ccc(-n2c(SCC(=O)/C(C#N)=C(\C)N)nc3ccc(Cl)cc3c2=O)cc1. The average molecular weight is 467 g/mol. The molecule has 3 aromatic rings. The number of thioether (sulfide) groups is 1. The van der Waals surface area contributed by atoms with E-state index in [1.165, 1.54) is 17.1 Å². The van der Waals surface area contributed by atoms with Crippen LogP contribution in [0, 0.1) is 11.3 Å². The number of hydrogen-bond acceptors (Lipinski definition) is 6. The van der Waals surface area contributed by atoms with Gasteiger partial charge in [-0.2, -0.15) is 5.26 Å². The van der Waals surface area contributed by atoms with Gasteiger partial charge in [-0.05, 0) is 55.2 Å². The summed E-state index contributed by atoms with van der Waals surface area (Å²) in [5.41, 5.74) is 7.73. The first kappa shape index (κ1) is 23.6. The maximum Gasteiger partial charge on any atom is 0.266 e. The zero-order chi connectivity index (χ0) is 23.4. The lowest BCUT2D eigenvalue weighted by atomic mass is 9.98. The van der Waals surface area contributed by atoms with Gasteiger partial charge in [0.25, 0.3) is 5.56 Å². The molecule has 6 nitrogen and oxygen atoms in total. The van der Waals surface area contributed by atoms with Crippen molar-refractivity contribution in [3.05, 3.63) is 74.7 Å². The Morgan fingerprint density at radius 1 is 1.28 bits per heavy atom. The number of carbonyl (C=O) groups excluding carboxylic acids is 1. The van der Waals surface area contributed by atoms with Crippen LogP contribution in [-0.2, 0) is 4.79 Å². The zero-order valence-corrected chi connectivity index (χ0v) is 19.6. The summed E-state index contributed by atoms with van der Waals surface area (Å²) in [6, 6.07) is 14.5. The minimum absolute atomic E-state index is 0.0755. The molecule has 164 valence electrons. The molecule has 1 heterocycles. The second kappa shape index (κ2) is 10.0. The summed E-state index contributed by atoms with van der Waals surface area (Å²) < 4.78 is 1.47. The lowest BCUT2D eigenvalue weighted by Crippen LogP contribution is -2.22. The van der Waals surface area contributed by atoms with Gasteiger partial charge in [-0.3, -0.25) is 14.2 Å². The summed E-state index contributed by atoms with van der Waals surface area (Å²) in [5.74, 6) is -0.0911. The number of nitrogens with two attached hydrogens (primary N) is 1. The summed E-state index contributed by atoms with van der Waals surface area (Å²) >= 11 is 7.20. The molecule has 0 fully saturated rings. The normalized spacial score (nSPS) is 12.8. The second-order valence-electron chi connectivity index (χ2n) is 7.48. The third-order valence-corrected chi connectivity index (χ3v) is 6.42. The number of nitriles is 1. The first-order valence-corrected chi connectivity index (χ1v) is 11.5. The van der Waals surface area contributed by atoms with E-state index in [1.807, 2.05) is 30.3 Å². The number of aromatic nitrogens is 2. The minimum atomic E-state index is -0.415. The predicted octanol–water partition coefficient (Wildman–Crippen LogP) is 4.97. The molecule has 0 radical (unpaired) electrons. The molecule has 0 saturated heterocycles. The molecule has 2 N–H and O–H groups in total. The summed E-state index contributed by atoms with van der Waals surface area (Å²) in [6.45, 7) is 5.78. The van der Waals surface area contributed by atoms with Crippen LogP contribution in [0.15, 0.2) is 63.7 Å². The van der Waals surface area contributed by atoms with Crippen LogP contribution < -0.4 is 11.3 Å². The molecular weight excluding hydrogens is 444 g/mol. The highest BCUT2D eigenvalue weighted by atomic mass is 35.5. The van der Waals surface area contributed by atoms with E-state index in [1.54, 1.807) is 18.2 Å². The van der Waals surface area contributed by atoms with Crippen molar-refractivity contribution in [3.63, 3.8) is 0 Å². The van der Waals surface area contributed by atoms with Crippen LogP contribution in [0.2, 0.25) is 5.02 Å². The van der Waals surface area contributed by atoms with Crippen molar-refractivity contribution in [2.24, 2.45) is 5.73 Å². The number of ketones is 1. The second-order valence-corrected chi connectivity index (χ2v) is 8.86. The number of allylic oxidation sites excluding steroid dienone is 2. The molecule has 0 saturated carbocycles. The van der Waals surface area contributed by atoms with Crippen LogP contribution in [0.1, 0.15) is 38.7 Å². The minimum Gasteiger partial charge on any atom is -0.401 e. The number of nitrogens with zero attached hydrogens (tertiary/aromatic N) is 3. The average Bonchev–Trinajstić information content (AvgIpc) is 2.78. The third-order valence-electron chi connectivity index (χ3n) is 5.25. The van der Waals surface area contributed by atoms with E-state index < -0.39 is 5.78 Å². The molecule has 0 bridgehead atoms. The highest BCUT2D eigenvalue weighted by Crippen LogP contribution is 2.25. The lowest BCUT2D eigenvalue weighted by Gasteiger charge is -2.15. The van der Waals surface area contributed by atoms with Crippen LogP contribution in [0.5, 0.6) is 0 Å². The Labute approximate surface area is 195 Å². The molecule has 0 aliphatic rings. The van der Waals surface area contributed by atoms with Gasteiger partial charge < -0.3 is 5.73 Å². The van der Waals surface area contributed by atoms with Gasteiger partial charge in [-0.15, -0.1) is 0 Å². The van der Waals surface area contributed by atoms with E-state index in [0.29, 0.717) is 32.7 Å². The molecule has 2 aromatic carbocycles. The Balaban J connectivity index is 2.12. The molecule has 8 heteroatoms. The summed E-state index contributed by atoms with van der Waals surface area (Å²) in [4.78, 5) is 30.5. The van der Waals surface area contributed by atoms with E-state index in [-0.39, 0.29) is 22.6 Å². The summed E-state index contributed by atoms with van der Waals surface area (Å²) in [6.07, 6.45) is 1.01. The quantitative estimate of drug-likeness (QED) is 0.228. The molecule has 1 unspecified atom stereocenters. The molecule has 0 spiro atoms.